The van der Waals surface area contributed by atoms with Gasteiger partial charge in [0.25, 0.3) is 0 Å². The molecule has 9 nitrogen and oxygen atoms in total. The molecule has 44 heavy (non-hydrogen) atoms. The second kappa shape index (κ2) is 11.2. The van der Waals surface area contributed by atoms with Crippen LogP contribution in [-0.4, -0.2) is 16.9 Å². The number of pyridine rings is 1. The minimum atomic E-state index is -0.313. The van der Waals surface area contributed by atoms with Crippen molar-refractivity contribution in [3.63, 3.8) is 0 Å². The molecule has 3 amide bonds. The molecule has 0 spiro atoms. The highest BCUT2D eigenvalue weighted by atomic mass is 32.1. The third-order valence-electron chi connectivity index (χ3n) is 8.04. The molecule has 3 aliphatic rings. The topological polar surface area (TPSA) is 117 Å². The van der Waals surface area contributed by atoms with Gasteiger partial charge in [0, 0.05) is 18.0 Å². The van der Waals surface area contributed by atoms with Gasteiger partial charge in [-0.3, -0.25) is 9.69 Å². The summed E-state index contributed by atoms with van der Waals surface area (Å²) < 4.78 is 12.2. The minimum absolute atomic E-state index is 0.0165. The Morgan fingerprint density at radius 1 is 1.18 bits per heavy atom. The maximum Gasteiger partial charge on any atom is 0.331 e. The van der Waals surface area contributed by atoms with Crippen molar-refractivity contribution in [3.05, 3.63) is 89.3 Å². The molecule has 1 saturated carbocycles. The van der Waals surface area contributed by atoms with E-state index >= 15 is 0 Å². The molecule has 0 saturated heterocycles. The highest BCUT2D eigenvalue weighted by molar-refractivity contribution is 7.23. The van der Waals surface area contributed by atoms with Gasteiger partial charge in [0.05, 0.1) is 34.1 Å². The lowest BCUT2D eigenvalue weighted by Crippen LogP contribution is -2.34. The number of allylic oxidation sites excluding steroid dienone is 3. The van der Waals surface area contributed by atoms with Crippen molar-refractivity contribution in [3.8, 4) is 17.6 Å². The molecular formula is C34H29N5O4S. The Labute approximate surface area is 258 Å². The van der Waals surface area contributed by atoms with Gasteiger partial charge in [-0.05, 0) is 79.8 Å². The first kappa shape index (κ1) is 27.7. The van der Waals surface area contributed by atoms with Gasteiger partial charge in [-0.15, -0.1) is 0 Å². The minimum Gasteiger partial charge on any atom is -0.488 e. The molecule has 4 aromatic rings. The zero-order valence-electron chi connectivity index (χ0n) is 24.2. The van der Waals surface area contributed by atoms with Crippen molar-refractivity contribution in [2.45, 2.75) is 39.7 Å². The fourth-order valence-corrected chi connectivity index (χ4v) is 6.61. The molecule has 7 rings (SSSR count). The lowest BCUT2D eigenvalue weighted by Gasteiger charge is -2.29. The summed E-state index contributed by atoms with van der Waals surface area (Å²) in [5, 5.41) is 16.9. The number of anilines is 4. The Balaban J connectivity index is 1.10. The van der Waals surface area contributed by atoms with E-state index < -0.39 is 0 Å². The van der Waals surface area contributed by atoms with Crippen LogP contribution in [0.2, 0.25) is 0 Å². The fourth-order valence-electron chi connectivity index (χ4n) is 5.59. The first-order chi connectivity index (χ1) is 21.4. The summed E-state index contributed by atoms with van der Waals surface area (Å²) in [6.07, 6.45) is 8.22. The zero-order chi connectivity index (χ0) is 30.4. The van der Waals surface area contributed by atoms with E-state index in [1.165, 1.54) is 11.3 Å². The van der Waals surface area contributed by atoms with Crippen LogP contribution in [0.4, 0.5) is 26.9 Å². The SMILES string of the molecule is CCC1C=CC(OCc2cccc(Oc3ccc(N4C(=O)Nc5c(NC(=O)C6CC6)sc6nccc4c56)c(C)c3)c2)=C1C#N. The van der Waals surface area contributed by atoms with E-state index in [-0.39, 0.29) is 23.8 Å². The van der Waals surface area contributed by atoms with Crippen molar-refractivity contribution >= 4 is 55.6 Å². The van der Waals surface area contributed by atoms with Crippen LogP contribution >= 0.6 is 11.3 Å². The number of hydrogen-bond donors (Lipinski definition) is 2. The van der Waals surface area contributed by atoms with E-state index in [2.05, 4.69) is 28.6 Å². The molecule has 3 heterocycles. The van der Waals surface area contributed by atoms with Gasteiger partial charge in [0.15, 0.2) is 0 Å². The monoisotopic (exact) mass is 603 g/mol. The van der Waals surface area contributed by atoms with E-state index in [0.717, 1.165) is 40.6 Å². The van der Waals surface area contributed by atoms with Crippen molar-refractivity contribution in [2.75, 3.05) is 15.5 Å². The summed E-state index contributed by atoms with van der Waals surface area (Å²) >= 11 is 1.36. The number of nitriles is 1. The molecule has 0 radical (unpaired) electrons. The summed E-state index contributed by atoms with van der Waals surface area (Å²) in [5.74, 6) is 2.04. The number of carbonyl (C=O) groups excluding carboxylic acids is 2. The maximum absolute atomic E-state index is 13.5. The maximum atomic E-state index is 13.5. The lowest BCUT2D eigenvalue weighted by molar-refractivity contribution is -0.117. The highest BCUT2D eigenvalue weighted by Gasteiger charge is 2.34. The van der Waals surface area contributed by atoms with Gasteiger partial charge < -0.3 is 20.1 Å². The van der Waals surface area contributed by atoms with Gasteiger partial charge in [0.1, 0.15) is 33.7 Å². The second-order valence-electron chi connectivity index (χ2n) is 11.1. The zero-order valence-corrected chi connectivity index (χ0v) is 25.0. The summed E-state index contributed by atoms with van der Waals surface area (Å²) in [5.41, 5.74) is 4.44. The highest BCUT2D eigenvalue weighted by Crippen LogP contribution is 2.49. The summed E-state index contributed by atoms with van der Waals surface area (Å²) in [6, 6.07) is 17.0. The molecule has 2 aliphatic carbocycles. The van der Waals surface area contributed by atoms with Crippen molar-refractivity contribution in [1.82, 2.24) is 4.98 Å². The van der Waals surface area contributed by atoms with Crippen LogP contribution in [0.1, 0.15) is 37.3 Å². The quantitative estimate of drug-likeness (QED) is 0.199. The normalized spacial score (nSPS) is 17.1. The average Bonchev–Trinajstić information content (AvgIpc) is 3.72. The number of ether oxygens (including phenoxy) is 2. The number of hydrogen-bond acceptors (Lipinski definition) is 7. The van der Waals surface area contributed by atoms with Crippen LogP contribution in [0.3, 0.4) is 0 Å². The van der Waals surface area contributed by atoms with Gasteiger partial charge in [0.2, 0.25) is 5.91 Å². The Bertz CT molecular complexity index is 1930. The Kier molecular flexibility index (Phi) is 7.03. The summed E-state index contributed by atoms with van der Waals surface area (Å²) in [4.78, 5) is 32.8. The second-order valence-corrected chi connectivity index (χ2v) is 12.1. The molecule has 2 aromatic heterocycles. The smallest absolute Gasteiger partial charge is 0.331 e. The van der Waals surface area contributed by atoms with Crippen LogP contribution < -0.4 is 20.3 Å². The van der Waals surface area contributed by atoms with Crippen LogP contribution in [-0.2, 0) is 16.1 Å². The molecule has 10 heteroatoms. The van der Waals surface area contributed by atoms with Crippen LogP contribution in [0, 0.1) is 30.1 Å². The standard InChI is InChI=1S/C34H29N5O4S/c1-3-21-9-12-28(25(21)17-35)42-18-20-5-4-6-23(16-20)43-24-10-11-26(19(2)15-24)39-27-13-14-36-32-29(27)30(37-34(39)41)33(44-32)38-31(40)22-7-8-22/h4-6,9-16,21-22H,3,7-8,18H2,1-2H3,(H,37,41)(H,38,40). The van der Waals surface area contributed by atoms with Gasteiger partial charge in [-0.1, -0.05) is 36.5 Å². The molecule has 2 aromatic carbocycles. The Hall–Kier alpha value is -5.14. The Morgan fingerprint density at radius 3 is 2.80 bits per heavy atom. The first-order valence-electron chi connectivity index (χ1n) is 14.6. The molecule has 1 aliphatic heterocycles. The largest absolute Gasteiger partial charge is 0.488 e. The number of benzene rings is 2. The van der Waals surface area contributed by atoms with Gasteiger partial charge in [-0.2, -0.15) is 5.26 Å². The van der Waals surface area contributed by atoms with Crippen molar-refractivity contribution < 1.29 is 19.1 Å². The van der Waals surface area contributed by atoms with Crippen molar-refractivity contribution in [2.24, 2.45) is 11.8 Å². The number of urea groups is 1. The molecule has 1 atom stereocenters. The number of nitrogens with zero attached hydrogens (tertiary/aromatic N) is 3. The molecule has 1 unspecified atom stereocenters. The van der Waals surface area contributed by atoms with Gasteiger partial charge >= 0.3 is 6.03 Å². The number of aromatic nitrogens is 1. The number of aryl methyl sites for hydroxylation is 1. The molecule has 0 bridgehead atoms. The molecule has 220 valence electrons. The number of nitrogens with one attached hydrogen (secondary N) is 2. The lowest BCUT2D eigenvalue weighted by atomic mass is 10.0. The molecule has 2 N–H and O–H groups in total. The van der Waals surface area contributed by atoms with E-state index in [4.69, 9.17) is 9.47 Å². The van der Waals surface area contributed by atoms with Crippen LogP contribution in [0.25, 0.3) is 10.2 Å². The number of amides is 3. The van der Waals surface area contributed by atoms with Crippen molar-refractivity contribution in [1.29, 1.82) is 5.26 Å². The number of carbonyl (C=O) groups is 2. The molecular weight excluding hydrogens is 574 g/mol. The average molecular weight is 604 g/mol. The Morgan fingerprint density at radius 2 is 2.02 bits per heavy atom. The predicted molar refractivity (Wildman–Crippen MR) is 170 cm³/mol. The third kappa shape index (κ3) is 5.05. The third-order valence-corrected chi connectivity index (χ3v) is 9.06. The molecule has 1 fully saturated rings. The summed E-state index contributed by atoms with van der Waals surface area (Å²) in [7, 11) is 0. The van der Waals surface area contributed by atoms with E-state index in [9.17, 15) is 14.9 Å². The van der Waals surface area contributed by atoms with Gasteiger partial charge in [-0.25, -0.2) is 9.78 Å². The van der Waals surface area contributed by atoms with E-state index in [0.29, 0.717) is 51.5 Å². The van der Waals surface area contributed by atoms with E-state index in [1.807, 2.05) is 67.6 Å². The predicted octanol–water partition coefficient (Wildman–Crippen LogP) is 8.32. The number of rotatable bonds is 9. The van der Waals surface area contributed by atoms with Crippen LogP contribution in [0.5, 0.6) is 11.5 Å². The van der Waals surface area contributed by atoms with E-state index in [1.54, 1.807) is 11.1 Å². The first-order valence-corrected chi connectivity index (χ1v) is 15.4. The number of thiophene rings is 1. The van der Waals surface area contributed by atoms with Crippen LogP contribution in [0.15, 0.2) is 78.2 Å². The fraction of sp³-hybridized carbons (Fsp3) is 0.235. The summed E-state index contributed by atoms with van der Waals surface area (Å²) in [6.45, 7) is 4.30.